The Morgan fingerprint density at radius 2 is 2.03 bits per heavy atom. The molecule has 0 amide bonds. The zero-order chi connectivity index (χ0) is 20.4. The molecule has 6 nitrogen and oxygen atoms in total. The fourth-order valence-corrected chi connectivity index (χ4v) is 4.80. The predicted octanol–water partition coefficient (Wildman–Crippen LogP) is 4.49. The third-order valence-corrected chi connectivity index (χ3v) is 6.15. The summed E-state index contributed by atoms with van der Waals surface area (Å²) in [6.07, 6.45) is 1.77. The highest BCUT2D eigenvalue weighted by molar-refractivity contribution is 7.10. The molecular formula is C22H27N3O3S. The van der Waals surface area contributed by atoms with Crippen LogP contribution in [-0.2, 0) is 19.4 Å². The maximum absolute atomic E-state index is 5.58. The monoisotopic (exact) mass is 413 g/mol. The Kier molecular flexibility index (Phi) is 5.87. The van der Waals surface area contributed by atoms with Crippen LogP contribution in [0, 0.1) is 5.92 Å². The van der Waals surface area contributed by atoms with Gasteiger partial charge in [-0.05, 0) is 47.0 Å². The van der Waals surface area contributed by atoms with Crippen molar-refractivity contribution < 1.29 is 14.0 Å². The average Bonchev–Trinajstić information content (AvgIpc) is 3.38. The standard InChI is InChI=1S/C22H27N3O3S/c1-14(2)10-20-23-21(28-24-20)13-25-8-7-15-11-17(26-3)18(27-4)12-16(15)22(25)19-6-5-9-29-19/h5-6,9,11-12,14,22H,7-8,10,13H2,1-4H3/t22-/m1/s1. The Morgan fingerprint density at radius 1 is 1.24 bits per heavy atom. The number of ether oxygens (including phenoxy) is 2. The van der Waals surface area contributed by atoms with Crippen LogP contribution in [0.15, 0.2) is 34.2 Å². The number of fused-ring (bicyclic) bond motifs is 1. The number of benzene rings is 1. The molecule has 0 saturated heterocycles. The van der Waals surface area contributed by atoms with Crippen LogP contribution < -0.4 is 9.47 Å². The van der Waals surface area contributed by atoms with Crippen LogP contribution in [-0.4, -0.2) is 35.8 Å². The molecule has 3 heterocycles. The lowest BCUT2D eigenvalue weighted by molar-refractivity contribution is 0.179. The van der Waals surface area contributed by atoms with E-state index in [9.17, 15) is 0 Å². The van der Waals surface area contributed by atoms with Crippen molar-refractivity contribution in [2.75, 3.05) is 20.8 Å². The maximum atomic E-state index is 5.58. The summed E-state index contributed by atoms with van der Waals surface area (Å²) in [5.74, 6) is 3.49. The first-order valence-corrected chi connectivity index (χ1v) is 10.8. The molecule has 29 heavy (non-hydrogen) atoms. The van der Waals surface area contributed by atoms with Gasteiger partial charge in [-0.2, -0.15) is 4.98 Å². The van der Waals surface area contributed by atoms with E-state index in [0.29, 0.717) is 18.4 Å². The number of nitrogens with zero attached hydrogens (tertiary/aromatic N) is 3. The van der Waals surface area contributed by atoms with E-state index in [1.54, 1.807) is 25.6 Å². The summed E-state index contributed by atoms with van der Waals surface area (Å²) in [4.78, 5) is 8.32. The van der Waals surface area contributed by atoms with E-state index in [1.807, 2.05) is 0 Å². The van der Waals surface area contributed by atoms with Gasteiger partial charge in [0, 0.05) is 17.8 Å². The second kappa shape index (κ2) is 8.55. The Morgan fingerprint density at radius 3 is 2.72 bits per heavy atom. The molecule has 0 N–H and O–H groups in total. The second-order valence-electron chi connectivity index (χ2n) is 7.75. The smallest absolute Gasteiger partial charge is 0.240 e. The first-order valence-electron chi connectivity index (χ1n) is 9.92. The SMILES string of the molecule is COc1cc2c(cc1OC)[C@H](c1cccs1)N(Cc1nc(CC(C)C)no1)CC2. The van der Waals surface area contributed by atoms with Gasteiger partial charge in [0.25, 0.3) is 0 Å². The number of rotatable bonds is 7. The number of methoxy groups -OCH3 is 2. The molecule has 1 aliphatic rings. The van der Waals surface area contributed by atoms with Crippen molar-refractivity contribution in [2.45, 2.75) is 39.3 Å². The van der Waals surface area contributed by atoms with E-state index in [-0.39, 0.29) is 6.04 Å². The molecule has 0 bridgehead atoms. The molecule has 7 heteroatoms. The molecule has 154 valence electrons. The van der Waals surface area contributed by atoms with Crippen LogP contribution in [0.5, 0.6) is 11.5 Å². The normalized spacial score (nSPS) is 16.8. The minimum absolute atomic E-state index is 0.124. The van der Waals surface area contributed by atoms with E-state index < -0.39 is 0 Å². The number of aromatic nitrogens is 2. The molecule has 0 fully saturated rings. The minimum Gasteiger partial charge on any atom is -0.493 e. The number of thiophene rings is 1. The Balaban J connectivity index is 1.67. The van der Waals surface area contributed by atoms with E-state index in [1.165, 1.54) is 16.0 Å². The minimum atomic E-state index is 0.124. The summed E-state index contributed by atoms with van der Waals surface area (Å²) < 4.78 is 16.7. The first-order chi connectivity index (χ1) is 14.1. The number of hydrogen-bond acceptors (Lipinski definition) is 7. The van der Waals surface area contributed by atoms with Gasteiger partial charge in [-0.15, -0.1) is 11.3 Å². The molecular weight excluding hydrogens is 386 g/mol. The van der Waals surface area contributed by atoms with Crippen LogP contribution in [0.4, 0.5) is 0 Å². The fourth-order valence-electron chi connectivity index (χ4n) is 3.92. The van der Waals surface area contributed by atoms with Gasteiger partial charge >= 0.3 is 0 Å². The summed E-state index contributed by atoms with van der Waals surface area (Å²) >= 11 is 1.76. The summed E-state index contributed by atoms with van der Waals surface area (Å²) in [6.45, 7) is 5.85. The van der Waals surface area contributed by atoms with E-state index in [0.717, 1.165) is 36.7 Å². The summed E-state index contributed by atoms with van der Waals surface area (Å²) in [5, 5.41) is 6.28. The van der Waals surface area contributed by atoms with Crippen LogP contribution >= 0.6 is 11.3 Å². The van der Waals surface area contributed by atoms with Gasteiger partial charge in [0.2, 0.25) is 5.89 Å². The molecule has 0 radical (unpaired) electrons. The Bertz CT molecular complexity index is 952. The molecule has 0 spiro atoms. The Hall–Kier alpha value is -2.38. The van der Waals surface area contributed by atoms with E-state index in [2.05, 4.69) is 58.5 Å². The van der Waals surface area contributed by atoms with Gasteiger partial charge < -0.3 is 14.0 Å². The molecule has 0 aliphatic carbocycles. The lowest BCUT2D eigenvalue weighted by Crippen LogP contribution is -2.35. The van der Waals surface area contributed by atoms with Gasteiger partial charge in [-0.25, -0.2) is 0 Å². The topological polar surface area (TPSA) is 60.6 Å². The lowest BCUT2D eigenvalue weighted by atomic mass is 9.91. The van der Waals surface area contributed by atoms with Crippen molar-refractivity contribution in [3.8, 4) is 11.5 Å². The molecule has 1 aliphatic heterocycles. The first kappa shape index (κ1) is 19.9. The van der Waals surface area contributed by atoms with Crippen molar-refractivity contribution in [1.29, 1.82) is 0 Å². The zero-order valence-corrected chi connectivity index (χ0v) is 18.2. The van der Waals surface area contributed by atoms with Gasteiger partial charge in [-0.3, -0.25) is 4.90 Å². The van der Waals surface area contributed by atoms with E-state index >= 15 is 0 Å². The Labute approximate surface area is 175 Å². The summed E-state index contributed by atoms with van der Waals surface area (Å²) in [7, 11) is 3.36. The van der Waals surface area contributed by atoms with Gasteiger partial charge in [0.15, 0.2) is 17.3 Å². The van der Waals surface area contributed by atoms with Gasteiger partial charge in [-0.1, -0.05) is 25.1 Å². The van der Waals surface area contributed by atoms with Crippen LogP contribution in [0.1, 0.15) is 47.6 Å². The molecule has 0 saturated carbocycles. The average molecular weight is 414 g/mol. The van der Waals surface area contributed by atoms with Gasteiger partial charge in [0.1, 0.15) is 0 Å². The second-order valence-corrected chi connectivity index (χ2v) is 8.73. The molecule has 4 rings (SSSR count). The van der Waals surface area contributed by atoms with Crippen molar-refractivity contribution in [3.63, 3.8) is 0 Å². The van der Waals surface area contributed by atoms with Crippen molar-refractivity contribution in [1.82, 2.24) is 15.0 Å². The molecule has 3 aromatic rings. The predicted molar refractivity (Wildman–Crippen MR) is 113 cm³/mol. The van der Waals surface area contributed by atoms with Crippen molar-refractivity contribution in [2.24, 2.45) is 5.92 Å². The lowest BCUT2D eigenvalue weighted by Gasteiger charge is -2.36. The highest BCUT2D eigenvalue weighted by Crippen LogP contribution is 2.42. The summed E-state index contributed by atoms with van der Waals surface area (Å²) in [6, 6.07) is 8.63. The number of hydrogen-bond donors (Lipinski definition) is 0. The van der Waals surface area contributed by atoms with Crippen LogP contribution in [0.2, 0.25) is 0 Å². The summed E-state index contributed by atoms with van der Waals surface area (Å²) in [5.41, 5.74) is 2.54. The zero-order valence-electron chi connectivity index (χ0n) is 17.3. The quantitative estimate of drug-likeness (QED) is 0.569. The molecule has 1 atom stereocenters. The maximum Gasteiger partial charge on any atom is 0.240 e. The third-order valence-electron chi connectivity index (χ3n) is 5.23. The third kappa shape index (κ3) is 4.16. The van der Waals surface area contributed by atoms with Gasteiger partial charge in [0.05, 0.1) is 26.8 Å². The highest BCUT2D eigenvalue weighted by atomic mass is 32.1. The van der Waals surface area contributed by atoms with Crippen LogP contribution in [0.3, 0.4) is 0 Å². The van der Waals surface area contributed by atoms with Crippen molar-refractivity contribution in [3.05, 3.63) is 57.4 Å². The van der Waals surface area contributed by atoms with E-state index in [4.69, 9.17) is 14.0 Å². The van der Waals surface area contributed by atoms with Crippen molar-refractivity contribution >= 4 is 11.3 Å². The molecule has 1 aromatic carbocycles. The highest BCUT2D eigenvalue weighted by Gasteiger charge is 2.32. The largest absolute Gasteiger partial charge is 0.493 e. The fraction of sp³-hybridized carbons (Fsp3) is 0.455. The molecule has 0 unspecified atom stereocenters. The van der Waals surface area contributed by atoms with Crippen LogP contribution in [0.25, 0.3) is 0 Å². The molecule has 2 aromatic heterocycles.